The summed E-state index contributed by atoms with van der Waals surface area (Å²) in [6, 6.07) is 3.22. The zero-order valence-electron chi connectivity index (χ0n) is 14.0. The molecule has 0 aliphatic heterocycles. The average molecular weight is 253 g/mol. The molecule has 1 aromatic carbocycles. The molecule has 88 valence electrons. The van der Waals surface area contributed by atoms with Crippen LogP contribution in [0.25, 0.3) is 5.57 Å². The molecule has 0 fully saturated rings. The SMILES string of the molecule is [2H]c1c(Cl)ccc2c1C1=C(C2)C(C(N)=O)CC([2H])([2H])C1([2H])[2H]. The molecular weight excluding hydrogens is 234 g/mol. The first kappa shape index (κ1) is 6.60. The van der Waals surface area contributed by atoms with Crippen LogP contribution in [0.3, 0.4) is 0 Å². The van der Waals surface area contributed by atoms with E-state index in [-0.39, 0.29) is 23.1 Å². The van der Waals surface area contributed by atoms with E-state index in [2.05, 4.69) is 0 Å². The molecule has 0 radical (unpaired) electrons. The van der Waals surface area contributed by atoms with Crippen molar-refractivity contribution in [3.8, 4) is 0 Å². The van der Waals surface area contributed by atoms with Crippen LogP contribution in [0.4, 0.5) is 0 Å². The molecule has 2 nitrogen and oxygen atoms in total. The van der Waals surface area contributed by atoms with Gasteiger partial charge in [0.1, 0.15) is 0 Å². The van der Waals surface area contributed by atoms with Gasteiger partial charge in [0.05, 0.1) is 7.29 Å². The second-order valence-corrected chi connectivity index (χ2v) is 4.65. The lowest BCUT2D eigenvalue weighted by atomic mass is 9.82. The van der Waals surface area contributed by atoms with Crippen LogP contribution in [-0.2, 0) is 11.2 Å². The van der Waals surface area contributed by atoms with E-state index < -0.39 is 24.6 Å². The summed E-state index contributed by atoms with van der Waals surface area (Å²) in [5.74, 6) is -1.53. The molecule has 0 bridgehead atoms. The third-order valence-corrected chi connectivity index (χ3v) is 3.45. The Labute approximate surface area is 112 Å². The van der Waals surface area contributed by atoms with Crippen molar-refractivity contribution in [3.63, 3.8) is 0 Å². The second-order valence-electron chi connectivity index (χ2n) is 4.24. The van der Waals surface area contributed by atoms with E-state index in [1.165, 1.54) is 0 Å². The van der Waals surface area contributed by atoms with Crippen molar-refractivity contribution in [2.24, 2.45) is 11.7 Å². The van der Waals surface area contributed by atoms with Crippen molar-refractivity contribution in [2.75, 3.05) is 0 Å². The number of hydrogen-bond acceptors (Lipinski definition) is 1. The summed E-state index contributed by atoms with van der Waals surface area (Å²) in [7, 11) is 0. The van der Waals surface area contributed by atoms with Crippen LogP contribution >= 0.6 is 11.6 Å². The van der Waals surface area contributed by atoms with Gasteiger partial charge in [-0.1, -0.05) is 17.7 Å². The number of hydrogen-bond donors (Lipinski definition) is 1. The van der Waals surface area contributed by atoms with E-state index in [9.17, 15) is 4.79 Å². The molecule has 2 aliphatic carbocycles. The minimum absolute atomic E-state index is 0.0334. The Bertz CT molecular complexity index is 728. The number of primary amides is 1. The minimum atomic E-state index is -2.31. The molecular formula is C14H14ClNO. The van der Waals surface area contributed by atoms with E-state index in [4.69, 9.17) is 24.2 Å². The van der Waals surface area contributed by atoms with Crippen LogP contribution in [0.5, 0.6) is 0 Å². The first-order valence-electron chi connectivity index (χ1n) is 7.89. The molecule has 0 spiro atoms. The van der Waals surface area contributed by atoms with Crippen molar-refractivity contribution in [2.45, 2.75) is 25.6 Å². The van der Waals surface area contributed by atoms with Gasteiger partial charge in [-0.2, -0.15) is 0 Å². The predicted octanol–water partition coefficient (Wildman–Crippen LogP) is 2.94. The molecule has 0 saturated carbocycles. The fourth-order valence-corrected chi connectivity index (χ4v) is 2.56. The van der Waals surface area contributed by atoms with Crippen molar-refractivity contribution in [1.29, 1.82) is 0 Å². The van der Waals surface area contributed by atoms with Gasteiger partial charge in [0, 0.05) is 10.5 Å². The molecule has 17 heavy (non-hydrogen) atoms. The van der Waals surface area contributed by atoms with E-state index in [0.717, 1.165) is 0 Å². The molecule has 0 aromatic heterocycles. The molecule has 3 rings (SSSR count). The molecule has 1 unspecified atom stereocenters. The lowest BCUT2D eigenvalue weighted by Crippen LogP contribution is -2.27. The molecule has 1 aromatic rings. The van der Waals surface area contributed by atoms with Gasteiger partial charge in [-0.3, -0.25) is 4.79 Å². The number of fused-ring (bicyclic) bond motifs is 2. The molecule has 1 amide bonds. The van der Waals surface area contributed by atoms with E-state index in [1.807, 2.05) is 0 Å². The second kappa shape index (κ2) is 3.88. The first-order chi connectivity index (χ1) is 10.1. The summed E-state index contributed by atoms with van der Waals surface area (Å²) in [5.41, 5.74) is 6.96. The fourth-order valence-electron chi connectivity index (χ4n) is 2.40. The zero-order valence-corrected chi connectivity index (χ0v) is 9.77. The Morgan fingerprint density at radius 1 is 1.59 bits per heavy atom. The molecule has 2 N–H and O–H groups in total. The maximum atomic E-state index is 11.7. The van der Waals surface area contributed by atoms with Crippen LogP contribution in [-0.4, -0.2) is 5.91 Å². The standard InChI is InChI=1S/C14H14ClNO/c15-9-5-4-8-6-13-10(12(8)7-9)2-1-3-11(13)14(16)17/h4-5,7,11H,1-3,6H2,(H2,16,17)/i1D2,2D2,7D. The lowest BCUT2D eigenvalue weighted by Gasteiger charge is -2.22. The summed E-state index contributed by atoms with van der Waals surface area (Å²) in [6.07, 6.45) is -4.54. The number of rotatable bonds is 1. The van der Waals surface area contributed by atoms with Crippen LogP contribution < -0.4 is 5.73 Å². The largest absolute Gasteiger partial charge is 0.369 e. The van der Waals surface area contributed by atoms with Crippen molar-refractivity contribution < 1.29 is 11.6 Å². The van der Waals surface area contributed by atoms with Gasteiger partial charge >= 0.3 is 0 Å². The van der Waals surface area contributed by atoms with Gasteiger partial charge in [0.2, 0.25) is 5.91 Å². The van der Waals surface area contributed by atoms with Gasteiger partial charge in [0.25, 0.3) is 0 Å². The first-order valence-corrected chi connectivity index (χ1v) is 5.77. The monoisotopic (exact) mass is 252 g/mol. The number of nitrogens with two attached hydrogens (primary N) is 1. The number of amides is 1. The Kier molecular flexibility index (Phi) is 1.51. The smallest absolute Gasteiger partial charge is 0.224 e. The van der Waals surface area contributed by atoms with Gasteiger partial charge < -0.3 is 5.73 Å². The third kappa shape index (κ3) is 1.67. The van der Waals surface area contributed by atoms with Gasteiger partial charge in [-0.25, -0.2) is 0 Å². The van der Waals surface area contributed by atoms with Crippen LogP contribution in [0.2, 0.25) is 5.02 Å². The Balaban J connectivity index is 2.32. The maximum Gasteiger partial charge on any atom is 0.224 e. The summed E-state index contributed by atoms with van der Waals surface area (Å²) in [4.78, 5) is 11.7. The molecule has 0 heterocycles. The van der Waals surface area contributed by atoms with Crippen molar-refractivity contribution >= 4 is 23.1 Å². The Morgan fingerprint density at radius 2 is 2.41 bits per heavy atom. The quantitative estimate of drug-likeness (QED) is 0.821. The highest BCUT2D eigenvalue weighted by Gasteiger charge is 2.32. The van der Waals surface area contributed by atoms with Crippen LogP contribution in [0, 0.1) is 5.92 Å². The molecule has 3 heteroatoms. The highest BCUT2D eigenvalue weighted by atomic mass is 35.5. The molecule has 0 saturated heterocycles. The normalized spacial score (nSPS) is 32.5. The predicted molar refractivity (Wildman–Crippen MR) is 68.6 cm³/mol. The summed E-state index contributed by atoms with van der Waals surface area (Å²) < 4.78 is 40.6. The minimum Gasteiger partial charge on any atom is -0.369 e. The van der Waals surface area contributed by atoms with Crippen LogP contribution in [0.15, 0.2) is 23.7 Å². The van der Waals surface area contributed by atoms with E-state index in [1.54, 1.807) is 12.1 Å². The summed E-state index contributed by atoms with van der Waals surface area (Å²) in [5, 5.41) is 0.171. The average Bonchev–Trinajstić information content (AvgIpc) is 2.79. The number of carbonyl (C=O) groups is 1. The van der Waals surface area contributed by atoms with E-state index >= 15 is 0 Å². The highest BCUT2D eigenvalue weighted by molar-refractivity contribution is 6.30. The number of allylic oxidation sites excluding steroid dienone is 1. The molecule has 1 atom stereocenters. The third-order valence-electron chi connectivity index (χ3n) is 3.23. The van der Waals surface area contributed by atoms with Gasteiger partial charge in [0.15, 0.2) is 0 Å². The van der Waals surface area contributed by atoms with Crippen molar-refractivity contribution in [3.05, 3.63) is 39.9 Å². The highest BCUT2D eigenvalue weighted by Crippen LogP contribution is 2.44. The van der Waals surface area contributed by atoms with Crippen LogP contribution in [0.1, 0.15) is 37.1 Å². The summed E-state index contributed by atoms with van der Waals surface area (Å²) in [6.45, 7) is 0. The van der Waals surface area contributed by atoms with Gasteiger partial charge in [-0.05, 0) is 60.0 Å². The number of carbonyl (C=O) groups excluding carboxylic acids is 1. The van der Waals surface area contributed by atoms with Crippen molar-refractivity contribution in [1.82, 2.24) is 0 Å². The zero-order chi connectivity index (χ0) is 16.4. The van der Waals surface area contributed by atoms with Gasteiger partial charge in [-0.15, -0.1) is 0 Å². The number of benzene rings is 1. The fraction of sp³-hybridized carbons (Fsp3) is 0.357. The summed E-state index contributed by atoms with van der Waals surface area (Å²) >= 11 is 5.97. The Morgan fingerprint density at radius 3 is 3.18 bits per heavy atom. The maximum absolute atomic E-state index is 11.7. The lowest BCUT2D eigenvalue weighted by molar-refractivity contribution is -0.121. The number of halogens is 1. The Hall–Kier alpha value is -1.28. The molecule has 2 aliphatic rings. The van der Waals surface area contributed by atoms with E-state index in [0.29, 0.717) is 23.1 Å². The topological polar surface area (TPSA) is 43.1 Å².